The van der Waals surface area contributed by atoms with Crippen LogP contribution in [0.3, 0.4) is 0 Å². The monoisotopic (exact) mass is 406 g/mol. The van der Waals surface area contributed by atoms with Crippen molar-refractivity contribution in [1.82, 2.24) is 0 Å². The first kappa shape index (κ1) is 22.1. The molecule has 4 rings (SSSR count). The normalized spacial score (nSPS) is 50.4. The molecule has 29 heavy (non-hydrogen) atoms. The zero-order chi connectivity index (χ0) is 21.4. The fraction of sp³-hybridized carbons (Fsp3) is 1.00. The van der Waals surface area contributed by atoms with Gasteiger partial charge in [0.2, 0.25) is 0 Å². The molecule has 0 aromatic heterocycles. The molecule has 1 heterocycles. The number of hydrogen-bond donors (Lipinski definition) is 1. The first-order chi connectivity index (χ1) is 13.3. The van der Waals surface area contributed by atoms with Crippen LogP contribution >= 0.6 is 0 Å². The minimum atomic E-state index is -0.171. The van der Waals surface area contributed by atoms with Crippen molar-refractivity contribution in [3.63, 3.8) is 0 Å². The highest BCUT2D eigenvalue weighted by Crippen LogP contribution is 2.68. The van der Waals surface area contributed by atoms with E-state index in [1.54, 1.807) is 0 Å². The van der Waals surface area contributed by atoms with Gasteiger partial charge in [0.05, 0.1) is 60.5 Å². The Morgan fingerprint density at radius 2 is 1.69 bits per heavy atom. The van der Waals surface area contributed by atoms with Crippen LogP contribution in [0.5, 0.6) is 0 Å². The summed E-state index contributed by atoms with van der Waals surface area (Å²) in [5.74, 6) is 3.79. The minimum Gasteiger partial charge on any atom is -0.393 e. The number of rotatable bonds is 3. The van der Waals surface area contributed by atoms with Gasteiger partial charge >= 0.3 is 0 Å². The van der Waals surface area contributed by atoms with E-state index in [0.29, 0.717) is 22.7 Å². The molecular formula is C26H50N2O+2. The highest BCUT2D eigenvalue weighted by atomic mass is 16.3. The van der Waals surface area contributed by atoms with Crippen molar-refractivity contribution in [1.29, 1.82) is 0 Å². The smallest absolute Gasteiger partial charge is 0.0943 e. The van der Waals surface area contributed by atoms with Crippen molar-refractivity contribution < 1.29 is 14.1 Å². The number of fused-ring (bicyclic) bond motifs is 5. The predicted molar refractivity (Wildman–Crippen MR) is 121 cm³/mol. The summed E-state index contributed by atoms with van der Waals surface area (Å²) in [4.78, 5) is 0. The molecule has 9 atom stereocenters. The van der Waals surface area contributed by atoms with Gasteiger partial charge in [-0.15, -0.1) is 0 Å². The van der Waals surface area contributed by atoms with Crippen LogP contribution in [-0.2, 0) is 0 Å². The first-order valence-corrected chi connectivity index (χ1v) is 12.6. The van der Waals surface area contributed by atoms with E-state index in [1.807, 2.05) is 0 Å². The van der Waals surface area contributed by atoms with Crippen LogP contribution in [0.25, 0.3) is 0 Å². The van der Waals surface area contributed by atoms with E-state index in [1.165, 1.54) is 62.5 Å². The summed E-state index contributed by atoms with van der Waals surface area (Å²) in [5.41, 5.74) is 0.877. The van der Waals surface area contributed by atoms with E-state index >= 15 is 0 Å². The Bertz CT molecular complexity index is 623. The zero-order valence-corrected chi connectivity index (χ0v) is 20.7. The van der Waals surface area contributed by atoms with Crippen LogP contribution in [0.15, 0.2) is 0 Å². The van der Waals surface area contributed by atoms with Gasteiger partial charge in [-0.1, -0.05) is 13.8 Å². The molecule has 0 bridgehead atoms. The van der Waals surface area contributed by atoms with Crippen molar-refractivity contribution in [3.8, 4) is 0 Å². The third kappa shape index (κ3) is 3.42. The van der Waals surface area contributed by atoms with E-state index in [-0.39, 0.29) is 6.10 Å². The predicted octanol–water partition coefficient (Wildman–Crippen LogP) is 4.40. The maximum Gasteiger partial charge on any atom is 0.0943 e. The molecule has 3 saturated carbocycles. The number of aliphatic hydroxyl groups excluding tert-OH is 1. The zero-order valence-electron chi connectivity index (χ0n) is 20.7. The number of likely N-dealkylation sites (tertiary alicyclic amines) is 1. The summed E-state index contributed by atoms with van der Waals surface area (Å²) in [5, 5.41) is 10.9. The number of hydrogen-bond acceptors (Lipinski definition) is 1. The van der Waals surface area contributed by atoms with Crippen LogP contribution in [0, 0.1) is 40.4 Å². The molecule has 4 aliphatic rings. The van der Waals surface area contributed by atoms with Crippen molar-refractivity contribution in [2.45, 2.75) is 77.9 Å². The fourth-order valence-corrected chi connectivity index (χ4v) is 10.0. The van der Waals surface area contributed by atoms with Crippen molar-refractivity contribution in [3.05, 3.63) is 0 Å². The van der Waals surface area contributed by atoms with Crippen molar-refractivity contribution in [2.24, 2.45) is 40.4 Å². The Labute approximate surface area is 181 Å². The van der Waals surface area contributed by atoms with Gasteiger partial charge in [-0.2, -0.15) is 0 Å². The number of piperidine rings is 1. The van der Waals surface area contributed by atoms with Gasteiger partial charge in [-0.3, -0.25) is 0 Å². The van der Waals surface area contributed by atoms with Gasteiger partial charge in [0.25, 0.3) is 0 Å². The molecule has 0 spiro atoms. The van der Waals surface area contributed by atoms with E-state index in [0.717, 1.165) is 28.3 Å². The second-order valence-electron chi connectivity index (χ2n) is 13.9. The van der Waals surface area contributed by atoms with Gasteiger partial charge in [0.1, 0.15) is 0 Å². The highest BCUT2D eigenvalue weighted by molar-refractivity contribution is 5.11. The summed E-state index contributed by atoms with van der Waals surface area (Å²) in [6.45, 7) is 9.93. The quantitative estimate of drug-likeness (QED) is 0.689. The fourth-order valence-electron chi connectivity index (χ4n) is 10.0. The van der Waals surface area contributed by atoms with Crippen LogP contribution in [-0.4, -0.2) is 74.5 Å². The lowest BCUT2D eigenvalue weighted by Gasteiger charge is -2.63. The topological polar surface area (TPSA) is 20.2 Å². The van der Waals surface area contributed by atoms with Crippen LogP contribution < -0.4 is 0 Å². The van der Waals surface area contributed by atoms with Crippen LogP contribution in [0.4, 0.5) is 0 Å². The highest BCUT2D eigenvalue weighted by Gasteiger charge is 2.65. The molecule has 0 aromatic rings. The molecule has 1 unspecified atom stereocenters. The Morgan fingerprint density at radius 1 is 1.00 bits per heavy atom. The molecule has 3 nitrogen and oxygen atoms in total. The van der Waals surface area contributed by atoms with Crippen LogP contribution in [0.2, 0.25) is 0 Å². The average Bonchev–Trinajstić information content (AvgIpc) is 2.84. The maximum absolute atomic E-state index is 10.9. The van der Waals surface area contributed by atoms with Crippen LogP contribution in [0.1, 0.15) is 65.7 Å². The van der Waals surface area contributed by atoms with E-state index in [2.05, 4.69) is 56.0 Å². The molecular weight excluding hydrogens is 356 g/mol. The second-order valence-corrected chi connectivity index (χ2v) is 13.9. The summed E-state index contributed by atoms with van der Waals surface area (Å²) in [6.07, 6.45) is 9.67. The van der Waals surface area contributed by atoms with Gasteiger partial charge in [0.15, 0.2) is 0 Å². The Morgan fingerprint density at radius 3 is 2.31 bits per heavy atom. The minimum absolute atomic E-state index is 0.171. The summed E-state index contributed by atoms with van der Waals surface area (Å²) in [7, 11) is 12.0. The lowest BCUT2D eigenvalue weighted by Crippen LogP contribution is -2.66. The standard InChI is InChI=1S/C26H50N2O/c1-18(29)24-19(17-27(4,5)6)16-22-20-10-11-23-25(2,13-9-15-28(23,7)8)21(20)12-14-26(22,24)3/h18-24,29H,9-17H2,1-8H3/q+2/t18?,19-,20+,21-,22-,23+,24-,25+,26-/m0/s1. The molecule has 0 amide bonds. The van der Waals surface area contributed by atoms with Gasteiger partial charge < -0.3 is 14.1 Å². The van der Waals surface area contributed by atoms with E-state index < -0.39 is 0 Å². The molecule has 0 radical (unpaired) electrons. The lowest BCUT2D eigenvalue weighted by molar-refractivity contribution is -0.931. The summed E-state index contributed by atoms with van der Waals surface area (Å²) < 4.78 is 2.28. The van der Waals surface area contributed by atoms with E-state index in [9.17, 15) is 5.11 Å². The molecule has 1 N–H and O–H groups in total. The first-order valence-electron chi connectivity index (χ1n) is 12.6. The molecule has 0 aromatic carbocycles. The van der Waals surface area contributed by atoms with Crippen molar-refractivity contribution in [2.75, 3.05) is 48.3 Å². The molecule has 3 heteroatoms. The number of nitrogens with zero attached hydrogens (tertiary/aromatic N) is 2. The largest absolute Gasteiger partial charge is 0.393 e. The Balaban J connectivity index is 1.65. The molecule has 168 valence electrons. The lowest BCUT2D eigenvalue weighted by atomic mass is 9.46. The van der Waals surface area contributed by atoms with Gasteiger partial charge in [0, 0.05) is 17.8 Å². The van der Waals surface area contributed by atoms with Gasteiger partial charge in [-0.25, -0.2) is 0 Å². The molecule has 4 fully saturated rings. The maximum atomic E-state index is 10.9. The van der Waals surface area contributed by atoms with Crippen molar-refractivity contribution >= 4 is 0 Å². The summed E-state index contributed by atoms with van der Waals surface area (Å²) >= 11 is 0. The van der Waals surface area contributed by atoms with Gasteiger partial charge in [-0.05, 0) is 74.5 Å². The third-order valence-electron chi connectivity index (χ3n) is 10.7. The van der Waals surface area contributed by atoms with E-state index in [4.69, 9.17) is 0 Å². The average molecular weight is 407 g/mol. The number of aliphatic hydroxyl groups is 1. The number of quaternary nitrogens is 2. The summed E-state index contributed by atoms with van der Waals surface area (Å²) in [6, 6.07) is 0.859. The Kier molecular flexibility index (Phi) is 5.28. The molecule has 1 aliphatic heterocycles. The third-order valence-corrected chi connectivity index (χ3v) is 10.7. The SMILES string of the molecule is CC(O)[C@H]1[C@H](C[N+](C)(C)C)C[C@H]2[C@@H]3CC[C@@H]4[C@](C)(CCC[N+]4(C)C)[C@H]3CC[C@@]21C. The second kappa shape index (κ2) is 6.94. The Hall–Kier alpha value is -0.120. The molecule has 3 aliphatic carbocycles. The molecule has 1 saturated heterocycles.